The lowest BCUT2D eigenvalue weighted by atomic mass is 9.84. The summed E-state index contributed by atoms with van der Waals surface area (Å²) in [5, 5.41) is 2.90. The Morgan fingerprint density at radius 1 is 1.00 bits per heavy atom. The maximum Gasteiger partial charge on any atom is 0.339 e. The standard InChI is InChI=1S/C22H26BrNO4/c1-15(28-21(2,3)4)22(20(26)27-5,17-9-7-6-8-10-17)24-19(25)16-11-13-18(23)14-12-16/h6-15H,1-5H3,(H,24,25)/t15-,22-/m1/s1. The summed E-state index contributed by atoms with van der Waals surface area (Å²) >= 11 is 3.36. The smallest absolute Gasteiger partial charge is 0.339 e. The lowest BCUT2D eigenvalue weighted by Gasteiger charge is -2.40. The van der Waals surface area contributed by atoms with E-state index in [1.165, 1.54) is 7.11 Å². The van der Waals surface area contributed by atoms with Gasteiger partial charge in [-0.3, -0.25) is 4.79 Å². The van der Waals surface area contributed by atoms with E-state index in [0.29, 0.717) is 11.1 Å². The van der Waals surface area contributed by atoms with Crippen LogP contribution in [0, 0.1) is 0 Å². The third-order valence-corrected chi connectivity index (χ3v) is 4.82. The molecule has 0 bridgehead atoms. The fourth-order valence-corrected chi connectivity index (χ4v) is 3.34. The molecule has 2 atom stereocenters. The Labute approximate surface area is 174 Å². The minimum atomic E-state index is -1.51. The first-order chi connectivity index (χ1) is 13.1. The van der Waals surface area contributed by atoms with Crippen LogP contribution in [-0.4, -0.2) is 30.7 Å². The van der Waals surface area contributed by atoms with Crippen molar-refractivity contribution in [3.8, 4) is 0 Å². The van der Waals surface area contributed by atoms with Gasteiger partial charge in [-0.1, -0.05) is 46.3 Å². The molecule has 0 aliphatic rings. The molecule has 2 aromatic rings. The van der Waals surface area contributed by atoms with E-state index in [4.69, 9.17) is 9.47 Å². The molecule has 5 nitrogen and oxygen atoms in total. The predicted octanol–water partition coefficient (Wildman–Crippen LogP) is 4.45. The lowest BCUT2D eigenvalue weighted by molar-refractivity contribution is -0.162. The van der Waals surface area contributed by atoms with E-state index >= 15 is 0 Å². The number of amides is 1. The molecule has 2 aromatic carbocycles. The van der Waals surface area contributed by atoms with Gasteiger partial charge in [0.1, 0.15) is 0 Å². The van der Waals surface area contributed by atoms with Gasteiger partial charge in [0, 0.05) is 10.0 Å². The van der Waals surface area contributed by atoms with Gasteiger partial charge < -0.3 is 14.8 Å². The Bertz CT molecular complexity index is 815. The van der Waals surface area contributed by atoms with Gasteiger partial charge >= 0.3 is 5.97 Å². The number of benzene rings is 2. The number of esters is 1. The highest BCUT2D eigenvalue weighted by Gasteiger charge is 2.50. The van der Waals surface area contributed by atoms with Crippen LogP contribution in [0.5, 0.6) is 0 Å². The number of halogens is 1. The molecule has 0 aliphatic carbocycles. The van der Waals surface area contributed by atoms with Gasteiger partial charge in [-0.15, -0.1) is 0 Å². The number of carbonyl (C=O) groups excluding carboxylic acids is 2. The molecular weight excluding hydrogens is 422 g/mol. The van der Waals surface area contributed by atoms with Gasteiger partial charge in [-0.25, -0.2) is 4.79 Å². The molecule has 2 rings (SSSR count). The molecule has 0 spiro atoms. The summed E-state index contributed by atoms with van der Waals surface area (Å²) in [6, 6.07) is 15.9. The molecule has 1 amide bonds. The van der Waals surface area contributed by atoms with Crippen molar-refractivity contribution in [1.82, 2.24) is 5.32 Å². The Hall–Kier alpha value is -2.18. The Kier molecular flexibility index (Phi) is 7.01. The van der Waals surface area contributed by atoms with Crippen LogP contribution in [0.1, 0.15) is 43.6 Å². The number of nitrogens with one attached hydrogen (secondary N) is 1. The molecule has 0 saturated heterocycles. The first-order valence-electron chi connectivity index (χ1n) is 9.00. The Morgan fingerprint density at radius 3 is 2.07 bits per heavy atom. The van der Waals surface area contributed by atoms with E-state index in [1.807, 2.05) is 39.0 Å². The fraction of sp³-hybridized carbons (Fsp3) is 0.364. The molecule has 0 saturated carbocycles. The maximum absolute atomic E-state index is 13.1. The van der Waals surface area contributed by atoms with Crippen molar-refractivity contribution in [2.24, 2.45) is 0 Å². The summed E-state index contributed by atoms with van der Waals surface area (Å²) in [6.45, 7) is 7.45. The number of hydrogen-bond acceptors (Lipinski definition) is 4. The monoisotopic (exact) mass is 447 g/mol. The second-order valence-corrected chi connectivity index (χ2v) is 8.41. The summed E-state index contributed by atoms with van der Waals surface area (Å²) in [5.74, 6) is -0.993. The van der Waals surface area contributed by atoms with Crippen LogP contribution in [0.2, 0.25) is 0 Å². The average Bonchev–Trinajstić information content (AvgIpc) is 2.65. The summed E-state index contributed by atoms with van der Waals surface area (Å²) in [5.41, 5.74) is -1.03. The molecule has 150 valence electrons. The van der Waals surface area contributed by atoms with Gasteiger partial charge in [-0.05, 0) is 57.5 Å². The van der Waals surface area contributed by atoms with Crippen LogP contribution in [0.3, 0.4) is 0 Å². The van der Waals surface area contributed by atoms with Gasteiger partial charge in [0.25, 0.3) is 5.91 Å². The summed E-state index contributed by atoms with van der Waals surface area (Å²) in [4.78, 5) is 26.1. The molecule has 0 aromatic heterocycles. The third-order valence-electron chi connectivity index (χ3n) is 4.29. The van der Waals surface area contributed by atoms with Crippen molar-refractivity contribution in [2.75, 3.05) is 7.11 Å². The van der Waals surface area contributed by atoms with Crippen LogP contribution in [0.25, 0.3) is 0 Å². The van der Waals surface area contributed by atoms with Crippen molar-refractivity contribution in [3.05, 3.63) is 70.2 Å². The Morgan fingerprint density at radius 2 is 1.57 bits per heavy atom. The average molecular weight is 448 g/mol. The van der Waals surface area contributed by atoms with Gasteiger partial charge in [0.05, 0.1) is 18.8 Å². The minimum absolute atomic E-state index is 0.397. The second kappa shape index (κ2) is 8.88. The van der Waals surface area contributed by atoms with E-state index < -0.39 is 29.1 Å². The number of carbonyl (C=O) groups is 2. The van der Waals surface area contributed by atoms with Gasteiger partial charge in [0.2, 0.25) is 0 Å². The van der Waals surface area contributed by atoms with Crippen LogP contribution >= 0.6 is 15.9 Å². The lowest BCUT2D eigenvalue weighted by Crippen LogP contribution is -2.60. The molecule has 0 heterocycles. The first kappa shape index (κ1) is 22.1. The van der Waals surface area contributed by atoms with Crippen molar-refractivity contribution in [2.45, 2.75) is 44.9 Å². The second-order valence-electron chi connectivity index (χ2n) is 7.50. The van der Waals surface area contributed by atoms with Crippen molar-refractivity contribution >= 4 is 27.8 Å². The fourth-order valence-electron chi connectivity index (χ4n) is 3.08. The largest absolute Gasteiger partial charge is 0.467 e. The van der Waals surface area contributed by atoms with E-state index in [1.54, 1.807) is 43.3 Å². The molecule has 1 N–H and O–H groups in total. The van der Waals surface area contributed by atoms with Crippen LogP contribution in [-0.2, 0) is 19.8 Å². The Balaban J connectivity index is 2.56. The minimum Gasteiger partial charge on any atom is -0.467 e. The van der Waals surface area contributed by atoms with E-state index in [0.717, 1.165) is 4.47 Å². The highest BCUT2D eigenvalue weighted by Crippen LogP contribution is 2.32. The number of methoxy groups -OCH3 is 1. The molecule has 0 fully saturated rings. The van der Waals surface area contributed by atoms with Crippen LogP contribution in [0.15, 0.2) is 59.1 Å². The zero-order valence-corrected chi connectivity index (χ0v) is 18.4. The molecule has 0 radical (unpaired) electrons. The summed E-state index contributed by atoms with van der Waals surface area (Å²) < 4.78 is 12.1. The van der Waals surface area contributed by atoms with E-state index in [-0.39, 0.29) is 0 Å². The maximum atomic E-state index is 13.1. The first-order valence-corrected chi connectivity index (χ1v) is 9.79. The zero-order chi connectivity index (χ0) is 20.9. The SMILES string of the molecule is COC(=O)[C@](NC(=O)c1ccc(Br)cc1)(c1ccccc1)[C@@H](C)OC(C)(C)C. The summed E-state index contributed by atoms with van der Waals surface area (Å²) in [6.07, 6.45) is -0.693. The van der Waals surface area contributed by atoms with Crippen LogP contribution < -0.4 is 5.32 Å². The quantitative estimate of drug-likeness (QED) is 0.664. The number of ether oxygens (including phenoxy) is 2. The highest BCUT2D eigenvalue weighted by molar-refractivity contribution is 9.10. The molecule has 28 heavy (non-hydrogen) atoms. The molecular formula is C22H26BrNO4. The van der Waals surface area contributed by atoms with Gasteiger partial charge in [0.15, 0.2) is 5.54 Å². The topological polar surface area (TPSA) is 64.6 Å². The highest BCUT2D eigenvalue weighted by atomic mass is 79.9. The normalized spacial score (nSPS) is 14.6. The molecule has 6 heteroatoms. The predicted molar refractivity (Wildman–Crippen MR) is 112 cm³/mol. The van der Waals surface area contributed by atoms with E-state index in [9.17, 15) is 9.59 Å². The van der Waals surface area contributed by atoms with Crippen molar-refractivity contribution < 1.29 is 19.1 Å². The third kappa shape index (κ3) is 5.00. The zero-order valence-electron chi connectivity index (χ0n) is 16.8. The number of hydrogen-bond donors (Lipinski definition) is 1. The summed E-state index contributed by atoms with van der Waals surface area (Å²) in [7, 11) is 1.30. The number of rotatable bonds is 6. The van der Waals surface area contributed by atoms with Crippen molar-refractivity contribution in [1.29, 1.82) is 0 Å². The van der Waals surface area contributed by atoms with Crippen molar-refractivity contribution in [3.63, 3.8) is 0 Å². The van der Waals surface area contributed by atoms with Gasteiger partial charge in [-0.2, -0.15) is 0 Å². The molecule has 0 unspecified atom stereocenters. The van der Waals surface area contributed by atoms with E-state index in [2.05, 4.69) is 21.2 Å². The molecule has 0 aliphatic heterocycles. The van der Waals surface area contributed by atoms with Crippen LogP contribution in [0.4, 0.5) is 0 Å².